The van der Waals surface area contributed by atoms with Crippen molar-refractivity contribution in [3.05, 3.63) is 70.0 Å². The fourth-order valence-corrected chi connectivity index (χ4v) is 3.09. The Morgan fingerprint density at radius 2 is 1.35 bits per heavy atom. The minimum Gasteiger partial charge on any atom is -0.461 e. The molecule has 0 saturated heterocycles. The van der Waals surface area contributed by atoms with E-state index in [1.54, 1.807) is 31.2 Å². The Morgan fingerprint density at radius 3 is 1.81 bits per heavy atom. The van der Waals surface area contributed by atoms with Crippen molar-refractivity contribution in [2.45, 2.75) is 39.9 Å². The normalized spacial score (nSPS) is 11.4. The molecule has 31 heavy (non-hydrogen) atoms. The molecule has 0 fully saturated rings. The Hall–Kier alpha value is -2.47. The molecule has 162 valence electrons. The summed E-state index contributed by atoms with van der Waals surface area (Å²) in [5.41, 5.74) is 2.87. The molecule has 0 N–H and O–H groups in total. The van der Waals surface area contributed by atoms with Crippen LogP contribution in [0.25, 0.3) is 22.5 Å². The van der Waals surface area contributed by atoms with Crippen LogP contribution in [0.5, 0.6) is 0 Å². The molecular weight excluding hydrogens is 435 g/mol. The van der Waals surface area contributed by atoms with Crippen molar-refractivity contribution in [1.29, 1.82) is 0 Å². The molecule has 1 heterocycles. The van der Waals surface area contributed by atoms with Crippen LogP contribution >= 0.6 is 23.2 Å². The topological polar surface area (TPSA) is 61.3 Å². The summed E-state index contributed by atoms with van der Waals surface area (Å²) in [7, 11) is 0. The second kappa shape index (κ2) is 9.77. The molecule has 3 rings (SSSR count). The van der Waals surface area contributed by atoms with Gasteiger partial charge in [-0.25, -0.2) is 14.8 Å². The highest BCUT2D eigenvalue weighted by Crippen LogP contribution is 2.32. The van der Waals surface area contributed by atoms with E-state index in [-0.39, 0.29) is 18.9 Å². The van der Waals surface area contributed by atoms with Gasteiger partial charge in [0.2, 0.25) is 0 Å². The Labute approximate surface area is 192 Å². The summed E-state index contributed by atoms with van der Waals surface area (Å²) in [4.78, 5) is 22.2. The number of halogens is 2. The molecule has 5 nitrogen and oxygen atoms in total. The maximum atomic E-state index is 12.7. The first-order chi connectivity index (χ1) is 14.7. The summed E-state index contributed by atoms with van der Waals surface area (Å²) in [5, 5.41) is 1.22. The largest absolute Gasteiger partial charge is 0.461 e. The van der Waals surface area contributed by atoms with Crippen LogP contribution in [-0.2, 0) is 16.1 Å². The highest BCUT2D eigenvalue weighted by Gasteiger charge is 2.23. The van der Waals surface area contributed by atoms with Crippen molar-refractivity contribution < 1.29 is 14.3 Å². The third-order valence-corrected chi connectivity index (χ3v) is 4.82. The van der Waals surface area contributed by atoms with Crippen LogP contribution in [0, 0.1) is 0 Å². The summed E-state index contributed by atoms with van der Waals surface area (Å²) in [5.74, 6) is -0.541. The zero-order chi connectivity index (χ0) is 22.6. The summed E-state index contributed by atoms with van der Waals surface area (Å²) in [6.07, 6.45) is 0. The second-order valence-corrected chi connectivity index (χ2v) is 8.72. The number of ether oxygens (including phenoxy) is 2. The zero-order valence-electron chi connectivity index (χ0n) is 17.9. The lowest BCUT2D eigenvalue weighted by Crippen LogP contribution is -2.22. The lowest BCUT2D eigenvalue weighted by atomic mass is 10.0. The van der Waals surface area contributed by atoms with Crippen LogP contribution in [0.3, 0.4) is 0 Å². The van der Waals surface area contributed by atoms with Crippen molar-refractivity contribution in [3.8, 4) is 22.5 Å². The lowest BCUT2D eigenvalue weighted by Gasteiger charge is -2.21. The van der Waals surface area contributed by atoms with Crippen LogP contribution in [0.15, 0.2) is 48.5 Å². The van der Waals surface area contributed by atoms with Gasteiger partial charge in [-0.15, -0.1) is 0 Å². The average molecular weight is 459 g/mol. The van der Waals surface area contributed by atoms with Gasteiger partial charge in [0, 0.05) is 21.2 Å². The van der Waals surface area contributed by atoms with Crippen molar-refractivity contribution in [2.24, 2.45) is 0 Å². The first-order valence-corrected chi connectivity index (χ1v) is 10.7. The minimum absolute atomic E-state index is 0.117. The van der Waals surface area contributed by atoms with Crippen molar-refractivity contribution in [1.82, 2.24) is 9.97 Å². The third-order valence-electron chi connectivity index (χ3n) is 4.31. The SMILES string of the molecule is CCOC(=O)c1nc(-c2ccc(Cl)cc2)c(-c2ccc(Cl)cc2)nc1COC(C)(C)C. The molecule has 2 aromatic carbocycles. The third kappa shape index (κ3) is 6.03. The standard InChI is InChI=1S/C24H24Cl2N2O3/c1-5-30-23(29)22-19(14-31-24(2,3)4)27-20(15-6-10-17(25)11-7-15)21(28-22)16-8-12-18(26)13-9-16/h6-13H,5,14H2,1-4H3. The molecule has 0 bridgehead atoms. The van der Waals surface area contributed by atoms with Gasteiger partial charge in [0.15, 0.2) is 5.69 Å². The van der Waals surface area contributed by atoms with E-state index in [1.165, 1.54) is 0 Å². The molecule has 3 aromatic rings. The van der Waals surface area contributed by atoms with E-state index in [1.807, 2.05) is 45.0 Å². The van der Waals surface area contributed by atoms with E-state index in [0.29, 0.717) is 27.1 Å². The number of carbonyl (C=O) groups is 1. The number of rotatable bonds is 6. The fourth-order valence-electron chi connectivity index (χ4n) is 2.84. The Kier molecular flexibility index (Phi) is 7.31. The number of aromatic nitrogens is 2. The van der Waals surface area contributed by atoms with Gasteiger partial charge < -0.3 is 9.47 Å². The molecule has 0 aliphatic carbocycles. The van der Waals surface area contributed by atoms with Crippen molar-refractivity contribution >= 4 is 29.2 Å². The van der Waals surface area contributed by atoms with Crippen LogP contribution in [-0.4, -0.2) is 28.1 Å². The molecule has 0 radical (unpaired) electrons. The van der Waals surface area contributed by atoms with E-state index in [9.17, 15) is 4.79 Å². The van der Waals surface area contributed by atoms with Gasteiger partial charge in [-0.1, -0.05) is 47.5 Å². The number of hydrogen-bond acceptors (Lipinski definition) is 5. The Morgan fingerprint density at radius 1 is 0.871 bits per heavy atom. The molecular formula is C24H24Cl2N2O3. The van der Waals surface area contributed by atoms with Crippen LogP contribution in [0.1, 0.15) is 43.9 Å². The maximum Gasteiger partial charge on any atom is 0.358 e. The highest BCUT2D eigenvalue weighted by molar-refractivity contribution is 6.31. The van der Waals surface area contributed by atoms with Crippen LogP contribution in [0.4, 0.5) is 0 Å². The van der Waals surface area contributed by atoms with Crippen LogP contribution < -0.4 is 0 Å². The van der Waals surface area contributed by atoms with E-state index in [2.05, 4.69) is 0 Å². The van der Waals surface area contributed by atoms with Gasteiger partial charge in [0.25, 0.3) is 0 Å². The Bertz CT molecular complexity index is 1060. The average Bonchev–Trinajstić information content (AvgIpc) is 2.72. The van der Waals surface area contributed by atoms with Gasteiger partial charge in [-0.3, -0.25) is 0 Å². The number of nitrogens with zero attached hydrogens (tertiary/aromatic N) is 2. The summed E-state index contributed by atoms with van der Waals surface area (Å²) < 4.78 is 11.1. The molecule has 0 aliphatic heterocycles. The van der Waals surface area contributed by atoms with Crippen LogP contribution in [0.2, 0.25) is 10.0 Å². The molecule has 0 unspecified atom stereocenters. The van der Waals surface area contributed by atoms with Crippen molar-refractivity contribution in [2.75, 3.05) is 6.61 Å². The van der Waals surface area contributed by atoms with E-state index >= 15 is 0 Å². The van der Waals surface area contributed by atoms with Gasteiger partial charge >= 0.3 is 5.97 Å². The van der Waals surface area contributed by atoms with Gasteiger partial charge in [-0.05, 0) is 52.0 Å². The molecule has 0 amide bonds. The predicted octanol–water partition coefficient (Wildman–Crippen LogP) is 6.61. The summed E-state index contributed by atoms with van der Waals surface area (Å²) >= 11 is 12.1. The van der Waals surface area contributed by atoms with Gasteiger partial charge in [0.05, 0.1) is 30.2 Å². The molecule has 1 aromatic heterocycles. The highest BCUT2D eigenvalue weighted by atomic mass is 35.5. The fraction of sp³-hybridized carbons (Fsp3) is 0.292. The number of carbonyl (C=O) groups excluding carboxylic acids is 1. The molecule has 0 atom stereocenters. The number of esters is 1. The number of hydrogen-bond donors (Lipinski definition) is 0. The second-order valence-electron chi connectivity index (χ2n) is 7.85. The zero-order valence-corrected chi connectivity index (χ0v) is 19.4. The molecule has 0 aliphatic rings. The summed E-state index contributed by atoms with van der Waals surface area (Å²) in [6.45, 7) is 7.91. The molecule has 7 heteroatoms. The maximum absolute atomic E-state index is 12.7. The van der Waals surface area contributed by atoms with Crippen molar-refractivity contribution in [3.63, 3.8) is 0 Å². The first kappa shape index (κ1) is 23.2. The van der Waals surface area contributed by atoms with E-state index in [0.717, 1.165) is 11.1 Å². The summed E-state index contributed by atoms with van der Waals surface area (Å²) in [6, 6.07) is 14.5. The first-order valence-electron chi connectivity index (χ1n) is 9.92. The predicted molar refractivity (Wildman–Crippen MR) is 123 cm³/mol. The minimum atomic E-state index is -0.541. The quantitative estimate of drug-likeness (QED) is 0.388. The van der Waals surface area contributed by atoms with E-state index in [4.69, 9.17) is 42.6 Å². The Balaban J connectivity index is 2.23. The van der Waals surface area contributed by atoms with E-state index < -0.39 is 11.6 Å². The lowest BCUT2D eigenvalue weighted by molar-refractivity contribution is -0.0172. The molecule has 0 saturated carbocycles. The smallest absolute Gasteiger partial charge is 0.358 e. The monoisotopic (exact) mass is 458 g/mol. The number of benzene rings is 2. The van der Waals surface area contributed by atoms with Gasteiger partial charge in [0.1, 0.15) is 5.69 Å². The molecule has 0 spiro atoms. The van der Waals surface area contributed by atoms with Gasteiger partial charge in [-0.2, -0.15) is 0 Å².